The molecule has 1 aliphatic heterocycles. The van der Waals surface area contributed by atoms with Gasteiger partial charge >= 0.3 is 6.03 Å². The van der Waals surface area contributed by atoms with Crippen molar-refractivity contribution in [2.45, 2.75) is 26.2 Å². The number of hydrogen-bond donors (Lipinski definition) is 2. The van der Waals surface area contributed by atoms with Crippen LogP contribution in [0.2, 0.25) is 0 Å². The number of nitrogens with one attached hydrogen (secondary N) is 2. The van der Waals surface area contributed by atoms with Crippen molar-refractivity contribution in [2.75, 3.05) is 50.1 Å². The van der Waals surface area contributed by atoms with E-state index >= 15 is 0 Å². The van der Waals surface area contributed by atoms with Crippen molar-refractivity contribution in [1.29, 1.82) is 0 Å². The van der Waals surface area contributed by atoms with Gasteiger partial charge in [0.25, 0.3) is 0 Å². The van der Waals surface area contributed by atoms with Gasteiger partial charge in [-0.3, -0.25) is 14.6 Å². The van der Waals surface area contributed by atoms with Crippen LogP contribution in [0, 0.1) is 0 Å². The summed E-state index contributed by atoms with van der Waals surface area (Å²) in [6, 6.07) is 15.1. The van der Waals surface area contributed by atoms with Gasteiger partial charge in [-0.15, -0.1) is 24.8 Å². The molecular formula is C29H34Cl2N6O4S. The van der Waals surface area contributed by atoms with Crippen LogP contribution in [0.15, 0.2) is 59.3 Å². The molecule has 2 N–H and O–H groups in total. The van der Waals surface area contributed by atoms with E-state index in [4.69, 9.17) is 19.0 Å². The van der Waals surface area contributed by atoms with Gasteiger partial charge < -0.3 is 19.3 Å². The summed E-state index contributed by atoms with van der Waals surface area (Å²) in [6.45, 7) is 11.1. The number of aromatic nitrogens is 3. The smallest absolute Gasteiger partial charge is 0.324 e. The van der Waals surface area contributed by atoms with Gasteiger partial charge in [-0.2, -0.15) is 0 Å². The van der Waals surface area contributed by atoms with Crippen molar-refractivity contribution in [3.05, 3.63) is 60.5 Å². The number of halogens is 2. The maximum atomic E-state index is 12.4. The molecule has 0 unspecified atom stereocenters. The molecular weight excluding hydrogens is 599 g/mol. The van der Waals surface area contributed by atoms with Crippen LogP contribution in [-0.2, 0) is 10.2 Å². The highest BCUT2D eigenvalue weighted by Gasteiger charge is 2.20. The molecule has 3 aromatic heterocycles. The van der Waals surface area contributed by atoms with Crippen LogP contribution in [0.3, 0.4) is 0 Å². The Labute approximate surface area is 260 Å². The van der Waals surface area contributed by atoms with Gasteiger partial charge in [0.15, 0.2) is 10.8 Å². The van der Waals surface area contributed by atoms with Crippen LogP contribution in [0.4, 0.5) is 16.3 Å². The molecule has 1 fully saturated rings. The Morgan fingerprint density at radius 2 is 1.81 bits per heavy atom. The minimum atomic E-state index is -0.389. The van der Waals surface area contributed by atoms with Gasteiger partial charge in [0.2, 0.25) is 0 Å². The molecule has 1 saturated heterocycles. The zero-order valence-corrected chi connectivity index (χ0v) is 26.0. The number of amides is 2. The number of ether oxygens (including phenoxy) is 2. The average Bonchev–Trinajstić information content (AvgIpc) is 3.64. The number of morpholine rings is 1. The van der Waals surface area contributed by atoms with Crippen LogP contribution in [0.25, 0.3) is 26.4 Å². The van der Waals surface area contributed by atoms with Crippen molar-refractivity contribution in [1.82, 2.24) is 19.4 Å². The molecule has 0 radical (unpaired) electrons. The summed E-state index contributed by atoms with van der Waals surface area (Å²) in [6.07, 6.45) is 2.04. The molecule has 42 heavy (non-hydrogen) atoms. The molecule has 4 heterocycles. The molecule has 224 valence electrons. The van der Waals surface area contributed by atoms with E-state index in [1.54, 1.807) is 17.4 Å². The highest BCUT2D eigenvalue weighted by molar-refractivity contribution is 7.23. The lowest BCUT2D eigenvalue weighted by molar-refractivity contribution is 0.0322. The predicted molar refractivity (Wildman–Crippen MR) is 171 cm³/mol. The van der Waals surface area contributed by atoms with E-state index in [1.807, 2.05) is 57.3 Å². The zero-order valence-electron chi connectivity index (χ0n) is 23.6. The first-order chi connectivity index (χ1) is 19.3. The molecule has 13 heteroatoms. The summed E-state index contributed by atoms with van der Waals surface area (Å²) in [5.74, 6) is 1.94. The van der Waals surface area contributed by atoms with Crippen molar-refractivity contribution < 1.29 is 18.8 Å². The maximum Gasteiger partial charge on any atom is 0.324 e. The molecule has 0 aliphatic carbocycles. The summed E-state index contributed by atoms with van der Waals surface area (Å²) >= 11 is 1.63. The van der Waals surface area contributed by atoms with E-state index in [9.17, 15) is 4.79 Å². The third kappa shape index (κ3) is 7.16. The quantitative estimate of drug-likeness (QED) is 0.206. The summed E-state index contributed by atoms with van der Waals surface area (Å²) in [5, 5.41) is 9.45. The minimum Gasteiger partial charge on any atom is -0.492 e. The Hall–Kier alpha value is -3.35. The number of imidazole rings is 1. The number of rotatable bonds is 7. The number of anilines is 2. The van der Waals surface area contributed by atoms with Crippen molar-refractivity contribution in [3.8, 4) is 17.0 Å². The van der Waals surface area contributed by atoms with Gasteiger partial charge in [0.05, 0.1) is 29.1 Å². The van der Waals surface area contributed by atoms with E-state index < -0.39 is 0 Å². The first-order valence-corrected chi connectivity index (χ1v) is 14.1. The number of carbonyl (C=O) groups is 1. The highest BCUT2D eigenvalue weighted by Crippen LogP contribution is 2.32. The van der Waals surface area contributed by atoms with Gasteiger partial charge in [-0.05, 0) is 30.3 Å². The fourth-order valence-electron chi connectivity index (χ4n) is 4.52. The van der Waals surface area contributed by atoms with Crippen LogP contribution in [0.5, 0.6) is 5.75 Å². The minimum absolute atomic E-state index is 0. The normalized spacial score (nSPS) is 13.9. The molecule has 1 aliphatic rings. The van der Waals surface area contributed by atoms with Gasteiger partial charge in [-0.1, -0.05) is 49.4 Å². The Kier molecular flexibility index (Phi) is 10.0. The number of fused-ring (bicyclic) bond motifs is 3. The van der Waals surface area contributed by atoms with E-state index in [0.717, 1.165) is 65.0 Å². The topological polar surface area (TPSA) is 106 Å². The fourth-order valence-corrected chi connectivity index (χ4v) is 5.55. The second kappa shape index (κ2) is 13.3. The predicted octanol–water partition coefficient (Wildman–Crippen LogP) is 6.70. The van der Waals surface area contributed by atoms with Gasteiger partial charge in [0, 0.05) is 48.6 Å². The molecule has 0 bridgehead atoms. The van der Waals surface area contributed by atoms with Gasteiger partial charge in [-0.25, -0.2) is 9.78 Å². The zero-order chi connectivity index (χ0) is 27.7. The lowest BCUT2D eigenvalue weighted by Crippen LogP contribution is -2.38. The van der Waals surface area contributed by atoms with Crippen LogP contribution in [0.1, 0.15) is 26.5 Å². The number of hydrogen-bond acceptors (Lipinski definition) is 8. The van der Waals surface area contributed by atoms with Gasteiger partial charge in [0.1, 0.15) is 18.1 Å². The molecule has 10 nitrogen and oxygen atoms in total. The van der Waals surface area contributed by atoms with E-state index in [1.165, 1.54) is 0 Å². The number of urea groups is 1. The number of benzene rings is 2. The van der Waals surface area contributed by atoms with Crippen molar-refractivity contribution in [3.63, 3.8) is 0 Å². The van der Waals surface area contributed by atoms with E-state index in [-0.39, 0.29) is 36.3 Å². The summed E-state index contributed by atoms with van der Waals surface area (Å²) in [4.78, 5) is 20.5. The Morgan fingerprint density at radius 3 is 2.52 bits per heavy atom. The van der Waals surface area contributed by atoms with Crippen LogP contribution >= 0.6 is 36.2 Å². The van der Waals surface area contributed by atoms with Crippen LogP contribution < -0.4 is 15.4 Å². The Balaban J connectivity index is 0.00000202. The summed E-state index contributed by atoms with van der Waals surface area (Å²) in [7, 11) is 0. The van der Waals surface area contributed by atoms with E-state index in [0.29, 0.717) is 23.9 Å². The molecule has 6 rings (SSSR count). The maximum absolute atomic E-state index is 12.4. The first-order valence-electron chi connectivity index (χ1n) is 13.3. The standard InChI is InChI=1S/C29H32N6O4S.2ClH/c1-29(2,3)25-17-26(33-39-25)32-27(36)30-20-6-4-19(5-7-20)22-18-35-23-9-8-21(16-24(23)40-28(35)31-22)38-15-12-34-10-13-37-14-11-34;;/h4-9,16-18H,10-15H2,1-3H3,(H2,30,32,33,36);2*1H. The number of thiazole rings is 1. The SMILES string of the molecule is CC(C)(C)c1cc(NC(=O)Nc2ccc(-c3cn4c(n3)sc3cc(OCCN5CCOCC5)ccc34)cc2)no1.Cl.Cl. The Bertz CT molecular complexity index is 1640. The highest BCUT2D eigenvalue weighted by atomic mass is 35.5. The molecule has 0 atom stereocenters. The first kappa shape index (κ1) is 31.6. The summed E-state index contributed by atoms with van der Waals surface area (Å²) in [5.41, 5.74) is 3.40. The monoisotopic (exact) mass is 632 g/mol. The van der Waals surface area contributed by atoms with Crippen LogP contribution in [-0.4, -0.2) is 64.9 Å². The summed E-state index contributed by atoms with van der Waals surface area (Å²) < 4.78 is 20.0. The second-order valence-electron chi connectivity index (χ2n) is 10.8. The lowest BCUT2D eigenvalue weighted by atomic mass is 9.93. The molecule has 5 aromatic rings. The van der Waals surface area contributed by atoms with Crippen molar-refractivity contribution in [2.24, 2.45) is 0 Å². The lowest BCUT2D eigenvalue weighted by Gasteiger charge is -2.26. The Morgan fingerprint density at radius 1 is 1.05 bits per heavy atom. The largest absolute Gasteiger partial charge is 0.492 e. The molecule has 0 spiro atoms. The molecule has 0 saturated carbocycles. The third-order valence-corrected chi connectivity index (χ3v) is 7.79. The number of nitrogens with zero attached hydrogens (tertiary/aromatic N) is 4. The average molecular weight is 634 g/mol. The molecule has 2 amide bonds. The van der Waals surface area contributed by atoms with Crippen molar-refractivity contribution >= 4 is 68.9 Å². The molecule has 2 aromatic carbocycles. The fraction of sp³-hybridized carbons (Fsp3) is 0.345. The van der Waals surface area contributed by atoms with E-state index in [2.05, 4.69) is 37.2 Å². The second-order valence-corrected chi connectivity index (χ2v) is 11.8. The third-order valence-electron chi connectivity index (χ3n) is 6.78. The number of carbonyl (C=O) groups excluding carboxylic acids is 1.